The molecule has 1 atom stereocenters. The second-order valence-electron chi connectivity index (χ2n) is 3.43. The van der Waals surface area contributed by atoms with Crippen molar-refractivity contribution in [1.29, 1.82) is 0 Å². The van der Waals surface area contributed by atoms with Crippen LogP contribution in [-0.2, 0) is 0 Å². The molecule has 13 heavy (non-hydrogen) atoms. The average molecular weight is 205 g/mol. The Morgan fingerprint density at radius 1 is 1.38 bits per heavy atom. The summed E-state index contributed by atoms with van der Waals surface area (Å²) in [5.41, 5.74) is 0. The fourth-order valence-corrected chi connectivity index (χ4v) is 1.73. The zero-order valence-corrected chi connectivity index (χ0v) is 9.76. The van der Waals surface area contributed by atoms with Crippen LogP contribution < -0.4 is 0 Å². The SMILES string of the molecule is CCC(CS)CN(CC)CCCO. The van der Waals surface area contributed by atoms with Crippen LogP contribution >= 0.6 is 12.6 Å². The monoisotopic (exact) mass is 205 g/mol. The number of hydrogen-bond donors (Lipinski definition) is 2. The zero-order valence-electron chi connectivity index (χ0n) is 8.87. The van der Waals surface area contributed by atoms with E-state index in [1.54, 1.807) is 0 Å². The predicted molar refractivity (Wildman–Crippen MR) is 61.5 cm³/mol. The summed E-state index contributed by atoms with van der Waals surface area (Å²) in [6.07, 6.45) is 2.08. The lowest BCUT2D eigenvalue weighted by molar-refractivity contribution is 0.211. The largest absolute Gasteiger partial charge is 0.396 e. The van der Waals surface area contributed by atoms with E-state index in [0.29, 0.717) is 12.5 Å². The fraction of sp³-hybridized carbons (Fsp3) is 1.00. The molecular weight excluding hydrogens is 182 g/mol. The highest BCUT2D eigenvalue weighted by molar-refractivity contribution is 7.80. The van der Waals surface area contributed by atoms with Crippen molar-refractivity contribution in [3.8, 4) is 0 Å². The van der Waals surface area contributed by atoms with Crippen molar-refractivity contribution in [3.63, 3.8) is 0 Å². The van der Waals surface area contributed by atoms with Crippen LogP contribution in [0.4, 0.5) is 0 Å². The molecule has 0 aromatic heterocycles. The van der Waals surface area contributed by atoms with Crippen molar-refractivity contribution >= 4 is 12.6 Å². The second kappa shape index (κ2) is 8.85. The number of aliphatic hydroxyl groups excluding tert-OH is 1. The molecule has 3 heteroatoms. The van der Waals surface area contributed by atoms with Crippen molar-refractivity contribution < 1.29 is 5.11 Å². The summed E-state index contributed by atoms with van der Waals surface area (Å²) in [6.45, 7) is 7.88. The first-order valence-electron chi connectivity index (χ1n) is 5.22. The smallest absolute Gasteiger partial charge is 0.0443 e. The lowest BCUT2D eigenvalue weighted by Crippen LogP contribution is -2.31. The van der Waals surface area contributed by atoms with Crippen molar-refractivity contribution in [1.82, 2.24) is 4.90 Å². The first kappa shape index (κ1) is 13.3. The maximum atomic E-state index is 8.72. The molecule has 0 heterocycles. The minimum Gasteiger partial charge on any atom is -0.396 e. The van der Waals surface area contributed by atoms with E-state index in [2.05, 4.69) is 31.4 Å². The molecule has 2 nitrogen and oxygen atoms in total. The van der Waals surface area contributed by atoms with Crippen LogP contribution in [0.25, 0.3) is 0 Å². The van der Waals surface area contributed by atoms with Crippen LogP contribution in [0.5, 0.6) is 0 Å². The van der Waals surface area contributed by atoms with Gasteiger partial charge in [0.1, 0.15) is 0 Å². The molecule has 0 saturated heterocycles. The first-order chi connectivity index (χ1) is 6.28. The van der Waals surface area contributed by atoms with E-state index in [4.69, 9.17) is 5.11 Å². The number of nitrogens with zero attached hydrogens (tertiary/aromatic N) is 1. The third kappa shape index (κ3) is 6.36. The van der Waals surface area contributed by atoms with Gasteiger partial charge >= 0.3 is 0 Å². The average Bonchev–Trinajstić information content (AvgIpc) is 2.19. The van der Waals surface area contributed by atoms with Gasteiger partial charge in [-0.2, -0.15) is 12.6 Å². The van der Waals surface area contributed by atoms with E-state index in [-0.39, 0.29) is 0 Å². The molecule has 80 valence electrons. The molecule has 0 amide bonds. The number of thiol groups is 1. The lowest BCUT2D eigenvalue weighted by atomic mass is 10.1. The zero-order chi connectivity index (χ0) is 10.1. The molecule has 1 N–H and O–H groups in total. The van der Waals surface area contributed by atoms with Crippen LogP contribution in [0, 0.1) is 5.92 Å². The Kier molecular flexibility index (Phi) is 9.03. The van der Waals surface area contributed by atoms with Gasteiger partial charge in [-0.25, -0.2) is 0 Å². The topological polar surface area (TPSA) is 23.5 Å². The van der Waals surface area contributed by atoms with E-state index in [9.17, 15) is 0 Å². The number of aliphatic hydroxyl groups is 1. The Balaban J connectivity index is 3.67. The van der Waals surface area contributed by atoms with Crippen LogP contribution in [0.1, 0.15) is 26.7 Å². The molecule has 0 saturated carbocycles. The van der Waals surface area contributed by atoms with E-state index in [0.717, 1.165) is 31.8 Å². The van der Waals surface area contributed by atoms with Crippen LogP contribution in [0.3, 0.4) is 0 Å². The highest BCUT2D eigenvalue weighted by Crippen LogP contribution is 2.07. The molecule has 0 aromatic rings. The molecule has 0 bridgehead atoms. The Bertz CT molecular complexity index is 107. The maximum absolute atomic E-state index is 8.72. The standard InChI is InChI=1S/C10H23NOS/c1-3-10(9-13)8-11(4-2)6-5-7-12/h10,12-13H,3-9H2,1-2H3. The van der Waals surface area contributed by atoms with Crippen LogP contribution in [0.15, 0.2) is 0 Å². The van der Waals surface area contributed by atoms with Crippen LogP contribution in [0.2, 0.25) is 0 Å². The summed E-state index contributed by atoms with van der Waals surface area (Å²) in [7, 11) is 0. The van der Waals surface area contributed by atoms with Gasteiger partial charge in [-0.05, 0) is 24.6 Å². The van der Waals surface area contributed by atoms with Crippen molar-refractivity contribution in [2.75, 3.05) is 32.0 Å². The van der Waals surface area contributed by atoms with Gasteiger partial charge in [0.15, 0.2) is 0 Å². The third-order valence-corrected chi connectivity index (χ3v) is 2.95. The molecule has 0 aliphatic rings. The first-order valence-corrected chi connectivity index (χ1v) is 5.85. The normalized spacial score (nSPS) is 13.6. The fourth-order valence-electron chi connectivity index (χ4n) is 1.35. The maximum Gasteiger partial charge on any atom is 0.0443 e. The summed E-state index contributed by atoms with van der Waals surface area (Å²) in [6, 6.07) is 0. The lowest BCUT2D eigenvalue weighted by Gasteiger charge is -2.24. The Hall–Kier alpha value is 0.270. The minimum atomic E-state index is 0.300. The molecule has 1 unspecified atom stereocenters. The third-order valence-electron chi connectivity index (χ3n) is 2.43. The highest BCUT2D eigenvalue weighted by atomic mass is 32.1. The second-order valence-corrected chi connectivity index (χ2v) is 3.79. The molecule has 0 fully saturated rings. The Morgan fingerprint density at radius 3 is 2.46 bits per heavy atom. The van der Waals surface area contributed by atoms with Gasteiger partial charge in [0, 0.05) is 19.7 Å². The van der Waals surface area contributed by atoms with Crippen molar-refractivity contribution in [2.45, 2.75) is 26.7 Å². The van der Waals surface area contributed by atoms with E-state index in [1.165, 1.54) is 6.42 Å². The van der Waals surface area contributed by atoms with Crippen molar-refractivity contribution in [3.05, 3.63) is 0 Å². The van der Waals surface area contributed by atoms with E-state index in [1.807, 2.05) is 0 Å². The van der Waals surface area contributed by atoms with Gasteiger partial charge in [-0.3, -0.25) is 0 Å². The molecule has 0 aliphatic carbocycles. The summed E-state index contributed by atoms with van der Waals surface area (Å²) >= 11 is 4.32. The van der Waals surface area contributed by atoms with E-state index >= 15 is 0 Å². The highest BCUT2D eigenvalue weighted by Gasteiger charge is 2.09. The Morgan fingerprint density at radius 2 is 2.08 bits per heavy atom. The molecule has 0 aromatic carbocycles. The summed E-state index contributed by atoms with van der Waals surface area (Å²) in [4.78, 5) is 2.39. The predicted octanol–water partition coefficient (Wildman–Crippen LogP) is 1.65. The van der Waals surface area contributed by atoms with Gasteiger partial charge in [-0.15, -0.1) is 0 Å². The Labute approximate surface area is 87.7 Å². The van der Waals surface area contributed by atoms with Gasteiger partial charge in [0.05, 0.1) is 0 Å². The number of rotatable bonds is 8. The van der Waals surface area contributed by atoms with Gasteiger partial charge in [0.25, 0.3) is 0 Å². The van der Waals surface area contributed by atoms with Gasteiger partial charge in [0.2, 0.25) is 0 Å². The quantitative estimate of drug-likeness (QED) is 0.589. The molecule has 0 spiro atoms. The molecule has 0 radical (unpaired) electrons. The van der Waals surface area contributed by atoms with Crippen LogP contribution in [-0.4, -0.2) is 42.0 Å². The van der Waals surface area contributed by atoms with Crippen molar-refractivity contribution in [2.24, 2.45) is 5.92 Å². The number of hydrogen-bond acceptors (Lipinski definition) is 3. The molecule has 0 aliphatic heterocycles. The summed E-state index contributed by atoms with van der Waals surface area (Å²) in [5, 5.41) is 8.72. The summed E-state index contributed by atoms with van der Waals surface area (Å²) in [5.74, 6) is 1.66. The van der Waals surface area contributed by atoms with Gasteiger partial charge < -0.3 is 10.0 Å². The molecule has 0 rings (SSSR count). The molecular formula is C10H23NOS. The minimum absolute atomic E-state index is 0.300. The van der Waals surface area contributed by atoms with E-state index < -0.39 is 0 Å². The van der Waals surface area contributed by atoms with Gasteiger partial charge in [-0.1, -0.05) is 20.3 Å². The summed E-state index contributed by atoms with van der Waals surface area (Å²) < 4.78 is 0.